The van der Waals surface area contributed by atoms with E-state index in [9.17, 15) is 8.42 Å². The van der Waals surface area contributed by atoms with Gasteiger partial charge < -0.3 is 9.73 Å². The molecule has 7 heteroatoms. The SMILES string of the molecule is Cc1ccc(C2NNCC2CNCCCS(=O)(=O)c2ccccc2)o1. The molecule has 0 radical (unpaired) electrons. The zero-order valence-electron chi connectivity index (χ0n) is 14.4. The zero-order chi connectivity index (χ0) is 17.7. The van der Waals surface area contributed by atoms with Crippen molar-refractivity contribution in [3.63, 3.8) is 0 Å². The van der Waals surface area contributed by atoms with Crippen molar-refractivity contribution in [1.29, 1.82) is 0 Å². The van der Waals surface area contributed by atoms with E-state index in [1.165, 1.54) is 0 Å². The van der Waals surface area contributed by atoms with Gasteiger partial charge in [-0.15, -0.1) is 0 Å². The molecule has 3 N–H and O–H groups in total. The summed E-state index contributed by atoms with van der Waals surface area (Å²) in [4.78, 5) is 0.396. The smallest absolute Gasteiger partial charge is 0.178 e. The summed E-state index contributed by atoms with van der Waals surface area (Å²) in [7, 11) is -3.19. The van der Waals surface area contributed by atoms with Crippen LogP contribution in [0.15, 0.2) is 51.8 Å². The standard InChI is InChI=1S/C18H25N3O3S/c1-14-8-9-17(24-14)18-15(13-20-21-18)12-19-10-5-11-25(22,23)16-6-3-2-4-7-16/h2-4,6-9,15,18-21H,5,10-13H2,1H3. The minimum atomic E-state index is -3.19. The third-order valence-electron chi connectivity index (χ3n) is 4.44. The molecule has 0 aliphatic carbocycles. The Morgan fingerprint density at radius 1 is 1.20 bits per heavy atom. The number of benzene rings is 1. The Morgan fingerprint density at radius 2 is 2.00 bits per heavy atom. The van der Waals surface area contributed by atoms with Gasteiger partial charge in [0.25, 0.3) is 0 Å². The van der Waals surface area contributed by atoms with Gasteiger partial charge in [0.15, 0.2) is 9.84 Å². The minimum absolute atomic E-state index is 0.134. The first kappa shape index (κ1) is 18.1. The highest BCUT2D eigenvalue weighted by molar-refractivity contribution is 7.91. The second kappa shape index (κ2) is 8.14. The summed E-state index contributed by atoms with van der Waals surface area (Å²) in [6.45, 7) is 4.26. The molecule has 0 bridgehead atoms. The summed E-state index contributed by atoms with van der Waals surface area (Å²) < 4.78 is 30.2. The Balaban J connectivity index is 1.42. The third kappa shape index (κ3) is 4.70. The predicted octanol–water partition coefficient (Wildman–Crippen LogP) is 1.81. The van der Waals surface area contributed by atoms with E-state index in [2.05, 4.69) is 16.2 Å². The Kier molecular flexibility index (Phi) is 5.90. The van der Waals surface area contributed by atoms with Crippen LogP contribution in [0.25, 0.3) is 0 Å². The van der Waals surface area contributed by atoms with Crippen LogP contribution in [0.3, 0.4) is 0 Å². The van der Waals surface area contributed by atoms with Gasteiger partial charge in [-0.1, -0.05) is 18.2 Å². The van der Waals surface area contributed by atoms with E-state index in [1.54, 1.807) is 24.3 Å². The fraction of sp³-hybridized carbons (Fsp3) is 0.444. The Morgan fingerprint density at radius 3 is 2.72 bits per heavy atom. The number of sulfone groups is 1. The molecule has 1 saturated heterocycles. The molecule has 2 atom stereocenters. The average Bonchev–Trinajstić information content (AvgIpc) is 3.24. The molecule has 1 fully saturated rings. The molecule has 3 rings (SSSR count). The maximum atomic E-state index is 12.2. The van der Waals surface area contributed by atoms with Crippen LogP contribution in [0.1, 0.15) is 24.0 Å². The molecule has 25 heavy (non-hydrogen) atoms. The number of hydrogen-bond acceptors (Lipinski definition) is 6. The summed E-state index contributed by atoms with van der Waals surface area (Å²) >= 11 is 0. The lowest BCUT2D eigenvalue weighted by molar-refractivity contribution is 0.360. The molecular formula is C18H25N3O3S. The van der Waals surface area contributed by atoms with Crippen LogP contribution in [0.2, 0.25) is 0 Å². The highest BCUT2D eigenvalue weighted by Gasteiger charge is 2.30. The van der Waals surface area contributed by atoms with Crippen molar-refractivity contribution in [1.82, 2.24) is 16.2 Å². The number of hydrazine groups is 1. The van der Waals surface area contributed by atoms with Gasteiger partial charge in [-0.2, -0.15) is 0 Å². The van der Waals surface area contributed by atoms with Crippen molar-refractivity contribution < 1.29 is 12.8 Å². The molecule has 2 unspecified atom stereocenters. The average molecular weight is 363 g/mol. The van der Waals surface area contributed by atoms with E-state index in [1.807, 2.05) is 25.1 Å². The van der Waals surface area contributed by atoms with Crippen LogP contribution < -0.4 is 16.2 Å². The number of furan rings is 1. The molecule has 136 valence electrons. The summed E-state index contributed by atoms with van der Waals surface area (Å²) in [5, 5.41) is 3.37. The van der Waals surface area contributed by atoms with E-state index in [-0.39, 0.29) is 11.8 Å². The molecule has 1 aliphatic rings. The Hall–Kier alpha value is -1.67. The van der Waals surface area contributed by atoms with Crippen molar-refractivity contribution >= 4 is 9.84 Å². The number of aryl methyl sites for hydroxylation is 1. The first-order valence-corrected chi connectivity index (χ1v) is 10.2. The molecule has 2 heterocycles. The van der Waals surface area contributed by atoms with Crippen molar-refractivity contribution in [2.75, 3.05) is 25.4 Å². The lowest BCUT2D eigenvalue weighted by Crippen LogP contribution is -2.29. The monoisotopic (exact) mass is 363 g/mol. The third-order valence-corrected chi connectivity index (χ3v) is 6.25. The van der Waals surface area contributed by atoms with Crippen molar-refractivity contribution in [3.05, 3.63) is 54.0 Å². The van der Waals surface area contributed by atoms with Crippen molar-refractivity contribution in [2.45, 2.75) is 24.3 Å². The van der Waals surface area contributed by atoms with Gasteiger partial charge in [0, 0.05) is 19.0 Å². The molecule has 0 saturated carbocycles. The molecular weight excluding hydrogens is 338 g/mol. The highest BCUT2D eigenvalue weighted by Crippen LogP contribution is 2.25. The molecule has 0 spiro atoms. The summed E-state index contributed by atoms with van der Waals surface area (Å²) in [5.74, 6) is 2.35. The second-order valence-corrected chi connectivity index (χ2v) is 8.51. The van der Waals surface area contributed by atoms with Gasteiger partial charge >= 0.3 is 0 Å². The summed E-state index contributed by atoms with van der Waals surface area (Å²) in [6, 6.07) is 12.7. The van der Waals surface area contributed by atoms with Crippen LogP contribution in [0, 0.1) is 12.8 Å². The van der Waals surface area contributed by atoms with Gasteiger partial charge in [0.05, 0.1) is 16.7 Å². The van der Waals surface area contributed by atoms with E-state index in [4.69, 9.17) is 4.42 Å². The van der Waals surface area contributed by atoms with Crippen LogP contribution in [0.4, 0.5) is 0 Å². The van der Waals surface area contributed by atoms with Crippen LogP contribution in [-0.2, 0) is 9.84 Å². The van der Waals surface area contributed by atoms with Gasteiger partial charge in [0.2, 0.25) is 0 Å². The topological polar surface area (TPSA) is 83.4 Å². The number of hydrogen-bond donors (Lipinski definition) is 3. The Labute approximate surface area is 148 Å². The molecule has 6 nitrogen and oxygen atoms in total. The lowest BCUT2D eigenvalue weighted by Gasteiger charge is -2.17. The van der Waals surface area contributed by atoms with Gasteiger partial charge in [-0.25, -0.2) is 13.8 Å². The molecule has 1 aromatic carbocycles. The fourth-order valence-corrected chi connectivity index (χ4v) is 4.40. The normalized spacial score (nSPS) is 20.8. The quantitative estimate of drug-likeness (QED) is 0.621. The predicted molar refractivity (Wildman–Crippen MR) is 96.8 cm³/mol. The van der Waals surface area contributed by atoms with Crippen LogP contribution in [0.5, 0.6) is 0 Å². The second-order valence-electron chi connectivity index (χ2n) is 6.40. The Bertz CT molecular complexity index is 774. The van der Waals surface area contributed by atoms with E-state index in [0.717, 1.165) is 24.6 Å². The minimum Gasteiger partial charge on any atom is -0.465 e. The highest BCUT2D eigenvalue weighted by atomic mass is 32.2. The maximum absolute atomic E-state index is 12.2. The molecule has 2 aromatic rings. The fourth-order valence-electron chi connectivity index (χ4n) is 3.07. The van der Waals surface area contributed by atoms with E-state index >= 15 is 0 Å². The first-order chi connectivity index (χ1) is 12.1. The first-order valence-electron chi connectivity index (χ1n) is 8.59. The van der Waals surface area contributed by atoms with Crippen molar-refractivity contribution in [2.24, 2.45) is 5.92 Å². The molecule has 1 aliphatic heterocycles. The molecule has 0 amide bonds. The van der Waals surface area contributed by atoms with Crippen LogP contribution >= 0.6 is 0 Å². The number of rotatable bonds is 8. The van der Waals surface area contributed by atoms with Gasteiger partial charge in [0.1, 0.15) is 11.5 Å². The number of nitrogens with one attached hydrogen (secondary N) is 3. The molecule has 1 aromatic heterocycles. The van der Waals surface area contributed by atoms with Gasteiger partial charge in [-0.05, 0) is 44.2 Å². The van der Waals surface area contributed by atoms with Gasteiger partial charge in [-0.3, -0.25) is 5.43 Å². The van der Waals surface area contributed by atoms with Crippen molar-refractivity contribution in [3.8, 4) is 0 Å². The largest absolute Gasteiger partial charge is 0.465 e. The van der Waals surface area contributed by atoms with E-state index in [0.29, 0.717) is 23.8 Å². The lowest BCUT2D eigenvalue weighted by atomic mass is 10.00. The summed E-state index contributed by atoms with van der Waals surface area (Å²) in [6.07, 6.45) is 0.593. The van der Waals surface area contributed by atoms with Crippen LogP contribution in [-0.4, -0.2) is 33.8 Å². The summed E-state index contributed by atoms with van der Waals surface area (Å²) in [5.41, 5.74) is 6.41. The maximum Gasteiger partial charge on any atom is 0.178 e. The van der Waals surface area contributed by atoms with E-state index < -0.39 is 9.84 Å². The zero-order valence-corrected chi connectivity index (χ0v) is 15.2.